The average molecular weight is 430 g/mol. The molecule has 0 saturated carbocycles. The predicted molar refractivity (Wildman–Crippen MR) is 118 cm³/mol. The Morgan fingerprint density at radius 3 is 2.03 bits per heavy atom. The van der Waals surface area contributed by atoms with Crippen molar-refractivity contribution in [2.75, 3.05) is 0 Å². The molecule has 0 aliphatic heterocycles. The summed E-state index contributed by atoms with van der Waals surface area (Å²) in [5.74, 6) is 0.146. The van der Waals surface area contributed by atoms with Crippen molar-refractivity contribution in [3.63, 3.8) is 0 Å². The minimum Gasteiger partial charge on any atom is -0.508 e. The summed E-state index contributed by atoms with van der Waals surface area (Å²) in [7, 11) is -4.15. The summed E-state index contributed by atoms with van der Waals surface area (Å²) in [6.07, 6.45) is 6.14. The van der Waals surface area contributed by atoms with E-state index < -0.39 is 10.1 Å². The first kappa shape index (κ1) is 20.4. The number of hydrogen-bond donors (Lipinski definition) is 1. The van der Waals surface area contributed by atoms with E-state index in [1.54, 1.807) is 72.8 Å². The molecule has 1 aliphatic rings. The number of aromatic hydroxyl groups is 1. The van der Waals surface area contributed by atoms with E-state index >= 15 is 0 Å². The van der Waals surface area contributed by atoms with Crippen molar-refractivity contribution >= 4 is 21.5 Å². The topological polar surface area (TPSA) is 80.7 Å². The van der Waals surface area contributed by atoms with Gasteiger partial charge in [-0.2, -0.15) is 8.42 Å². The van der Waals surface area contributed by atoms with Gasteiger partial charge in [0.2, 0.25) is 0 Å². The Bertz CT molecular complexity index is 1300. The fourth-order valence-electron chi connectivity index (χ4n) is 3.27. The standard InChI is InChI=1S/C25H18O5S/c26-20-14-10-18(11-15-20)25(19-12-16-21(27)17-13-19)23-8-4-5-9-24(23)31(28,29)30-22-6-2-1-3-7-22/h1-17,26H. The fourth-order valence-corrected chi connectivity index (χ4v) is 4.41. The molecule has 0 spiro atoms. The molecule has 0 heterocycles. The Kier molecular flexibility index (Phi) is 5.56. The highest BCUT2D eigenvalue weighted by Gasteiger charge is 2.24. The first-order valence-corrected chi connectivity index (χ1v) is 10.9. The van der Waals surface area contributed by atoms with Crippen molar-refractivity contribution in [1.82, 2.24) is 0 Å². The van der Waals surface area contributed by atoms with Gasteiger partial charge in [0.05, 0.1) is 0 Å². The molecule has 3 aromatic carbocycles. The van der Waals surface area contributed by atoms with E-state index in [4.69, 9.17) is 4.18 Å². The molecule has 1 N–H and O–H groups in total. The van der Waals surface area contributed by atoms with Gasteiger partial charge in [-0.05, 0) is 59.2 Å². The Morgan fingerprint density at radius 1 is 0.742 bits per heavy atom. The van der Waals surface area contributed by atoms with Crippen molar-refractivity contribution in [3.8, 4) is 11.5 Å². The molecular formula is C25H18O5S. The minimum absolute atomic E-state index is 0.00636. The highest BCUT2D eigenvalue weighted by molar-refractivity contribution is 7.87. The van der Waals surface area contributed by atoms with Crippen LogP contribution in [0.25, 0.3) is 5.57 Å². The summed E-state index contributed by atoms with van der Waals surface area (Å²) in [4.78, 5) is 11.6. The molecule has 3 aromatic rings. The summed E-state index contributed by atoms with van der Waals surface area (Å²) in [5.41, 5.74) is 2.35. The van der Waals surface area contributed by atoms with Gasteiger partial charge in [0, 0.05) is 5.56 Å². The van der Waals surface area contributed by atoms with Gasteiger partial charge in [0.25, 0.3) is 0 Å². The van der Waals surface area contributed by atoms with Crippen LogP contribution < -0.4 is 4.18 Å². The van der Waals surface area contributed by atoms with E-state index in [1.807, 2.05) is 0 Å². The lowest BCUT2D eigenvalue weighted by Gasteiger charge is -2.17. The Morgan fingerprint density at radius 2 is 1.35 bits per heavy atom. The van der Waals surface area contributed by atoms with Gasteiger partial charge in [-0.1, -0.05) is 60.7 Å². The smallest absolute Gasteiger partial charge is 0.339 e. The first-order valence-electron chi connectivity index (χ1n) is 9.47. The lowest BCUT2D eigenvalue weighted by atomic mass is 9.91. The number of para-hydroxylation sites is 1. The van der Waals surface area contributed by atoms with Crippen LogP contribution in [0.5, 0.6) is 11.5 Å². The molecule has 0 bridgehead atoms. The van der Waals surface area contributed by atoms with Gasteiger partial charge in [-0.15, -0.1) is 0 Å². The maximum absolute atomic E-state index is 13.2. The number of hydrogen-bond acceptors (Lipinski definition) is 5. The van der Waals surface area contributed by atoms with Crippen LogP contribution in [-0.2, 0) is 14.9 Å². The zero-order chi connectivity index (χ0) is 21.8. The third-order valence-electron chi connectivity index (χ3n) is 4.67. The number of carbonyl (C=O) groups excluding carboxylic acids is 1. The quantitative estimate of drug-likeness (QED) is 0.596. The molecule has 0 amide bonds. The largest absolute Gasteiger partial charge is 0.508 e. The van der Waals surface area contributed by atoms with Crippen molar-refractivity contribution in [1.29, 1.82) is 0 Å². The van der Waals surface area contributed by atoms with E-state index in [9.17, 15) is 18.3 Å². The van der Waals surface area contributed by atoms with E-state index in [1.165, 1.54) is 30.4 Å². The van der Waals surface area contributed by atoms with Gasteiger partial charge in [0.1, 0.15) is 16.4 Å². The molecular weight excluding hydrogens is 412 g/mol. The predicted octanol–water partition coefficient (Wildman–Crippen LogP) is 4.66. The summed E-state index contributed by atoms with van der Waals surface area (Å²) >= 11 is 0. The van der Waals surface area contributed by atoms with Crippen LogP contribution in [0.4, 0.5) is 0 Å². The lowest BCUT2D eigenvalue weighted by molar-refractivity contribution is -0.110. The molecule has 1 aliphatic carbocycles. The van der Waals surface area contributed by atoms with Gasteiger partial charge < -0.3 is 9.29 Å². The second-order valence-corrected chi connectivity index (χ2v) is 8.31. The zero-order valence-corrected chi connectivity index (χ0v) is 17.1. The SMILES string of the molecule is O=C1C=CC(=C(c2ccc(O)cc2)c2ccccc2S(=O)(=O)Oc2ccccc2)C=C1. The summed E-state index contributed by atoms with van der Waals surface area (Å²) in [6, 6.07) is 21.2. The molecule has 0 fully saturated rings. The second-order valence-electron chi connectivity index (χ2n) is 6.79. The molecule has 0 saturated heterocycles. The van der Waals surface area contributed by atoms with Gasteiger partial charge >= 0.3 is 10.1 Å². The molecule has 0 unspecified atom stereocenters. The maximum Gasteiger partial charge on any atom is 0.339 e. The van der Waals surface area contributed by atoms with E-state index in [0.29, 0.717) is 22.3 Å². The zero-order valence-electron chi connectivity index (χ0n) is 16.3. The maximum atomic E-state index is 13.2. The number of ketones is 1. The average Bonchev–Trinajstić information content (AvgIpc) is 2.77. The molecule has 154 valence electrons. The molecule has 4 rings (SSSR count). The van der Waals surface area contributed by atoms with Crippen LogP contribution in [0.1, 0.15) is 11.1 Å². The fraction of sp³-hybridized carbons (Fsp3) is 0. The van der Waals surface area contributed by atoms with Crippen LogP contribution >= 0.6 is 0 Å². The first-order chi connectivity index (χ1) is 14.9. The number of benzene rings is 3. The molecule has 31 heavy (non-hydrogen) atoms. The van der Waals surface area contributed by atoms with Gasteiger partial charge in [0.15, 0.2) is 5.78 Å². The normalized spacial score (nSPS) is 13.3. The molecule has 5 nitrogen and oxygen atoms in total. The monoisotopic (exact) mass is 430 g/mol. The third-order valence-corrected chi connectivity index (χ3v) is 5.98. The third kappa shape index (κ3) is 4.49. The molecule has 6 heteroatoms. The van der Waals surface area contributed by atoms with Crippen LogP contribution in [0, 0.1) is 0 Å². The van der Waals surface area contributed by atoms with Gasteiger partial charge in [-0.3, -0.25) is 4.79 Å². The van der Waals surface area contributed by atoms with Crippen LogP contribution in [-0.4, -0.2) is 19.3 Å². The van der Waals surface area contributed by atoms with Crippen molar-refractivity contribution < 1.29 is 22.5 Å². The Balaban J connectivity index is 1.91. The highest BCUT2D eigenvalue weighted by Crippen LogP contribution is 2.35. The van der Waals surface area contributed by atoms with E-state index in [0.717, 1.165) is 0 Å². The Hall–Kier alpha value is -3.90. The number of rotatable bonds is 5. The van der Waals surface area contributed by atoms with Crippen LogP contribution in [0.3, 0.4) is 0 Å². The minimum atomic E-state index is -4.15. The Labute approximate surface area is 180 Å². The van der Waals surface area contributed by atoms with Crippen molar-refractivity contribution in [3.05, 3.63) is 120 Å². The summed E-state index contributed by atoms with van der Waals surface area (Å²) < 4.78 is 31.7. The number of phenolic OH excluding ortho intramolecular Hbond substituents is 1. The number of phenols is 1. The van der Waals surface area contributed by atoms with E-state index in [-0.39, 0.29) is 22.2 Å². The lowest BCUT2D eigenvalue weighted by Crippen LogP contribution is -2.12. The number of allylic oxidation sites excluding steroid dienone is 5. The highest BCUT2D eigenvalue weighted by atomic mass is 32.2. The van der Waals surface area contributed by atoms with Crippen LogP contribution in [0.15, 0.2) is 114 Å². The van der Waals surface area contributed by atoms with E-state index in [2.05, 4.69) is 0 Å². The van der Waals surface area contributed by atoms with Gasteiger partial charge in [-0.25, -0.2) is 0 Å². The number of carbonyl (C=O) groups is 1. The summed E-state index contributed by atoms with van der Waals surface area (Å²) in [6.45, 7) is 0. The van der Waals surface area contributed by atoms with Crippen molar-refractivity contribution in [2.45, 2.75) is 4.90 Å². The summed E-state index contributed by atoms with van der Waals surface area (Å²) in [5, 5.41) is 9.70. The second kappa shape index (κ2) is 8.45. The van der Waals surface area contributed by atoms with Crippen molar-refractivity contribution in [2.24, 2.45) is 0 Å². The molecule has 0 atom stereocenters. The molecule has 0 radical (unpaired) electrons. The molecule has 0 aromatic heterocycles. The van der Waals surface area contributed by atoms with Crippen LogP contribution in [0.2, 0.25) is 0 Å².